The SMILES string of the molecule is C=C(C)C1(OC(=O)COC(=O)COC(=O)C(C)(C)CC)CCCCC1. The quantitative estimate of drug-likeness (QED) is 0.378. The fraction of sp³-hybridized carbons (Fsp3) is 0.737. The van der Waals surface area contributed by atoms with Crippen LogP contribution in [0.1, 0.15) is 66.2 Å². The fourth-order valence-electron chi connectivity index (χ4n) is 2.63. The summed E-state index contributed by atoms with van der Waals surface area (Å²) >= 11 is 0. The number of carbonyl (C=O) groups is 3. The minimum absolute atomic E-state index is 0.474. The van der Waals surface area contributed by atoms with Gasteiger partial charge in [-0.15, -0.1) is 0 Å². The fourth-order valence-corrected chi connectivity index (χ4v) is 2.63. The lowest BCUT2D eigenvalue weighted by molar-refractivity contribution is -0.173. The second-order valence-corrected chi connectivity index (χ2v) is 7.28. The molecular formula is C19H30O6. The second-order valence-electron chi connectivity index (χ2n) is 7.28. The lowest BCUT2D eigenvalue weighted by atomic mass is 9.80. The van der Waals surface area contributed by atoms with E-state index in [1.807, 2.05) is 13.8 Å². The van der Waals surface area contributed by atoms with Crippen LogP contribution in [-0.4, -0.2) is 36.7 Å². The first kappa shape index (κ1) is 21.2. The van der Waals surface area contributed by atoms with E-state index in [1.165, 1.54) is 0 Å². The van der Waals surface area contributed by atoms with Crippen molar-refractivity contribution in [3.05, 3.63) is 12.2 Å². The molecule has 1 fully saturated rings. The number of esters is 3. The number of hydrogen-bond donors (Lipinski definition) is 0. The van der Waals surface area contributed by atoms with Crippen molar-refractivity contribution in [1.29, 1.82) is 0 Å². The highest BCUT2D eigenvalue weighted by Crippen LogP contribution is 2.36. The molecule has 0 spiro atoms. The Morgan fingerprint density at radius 3 is 2.08 bits per heavy atom. The van der Waals surface area contributed by atoms with E-state index in [1.54, 1.807) is 13.8 Å². The molecule has 0 N–H and O–H groups in total. The Bertz CT molecular complexity index is 514. The molecule has 0 unspecified atom stereocenters. The van der Waals surface area contributed by atoms with Crippen molar-refractivity contribution in [3.8, 4) is 0 Å². The number of carbonyl (C=O) groups excluding carboxylic acids is 3. The van der Waals surface area contributed by atoms with Crippen molar-refractivity contribution in [2.24, 2.45) is 5.41 Å². The molecule has 0 amide bonds. The monoisotopic (exact) mass is 354 g/mol. The summed E-state index contributed by atoms with van der Waals surface area (Å²) in [4.78, 5) is 35.5. The molecule has 1 aliphatic rings. The molecule has 0 atom stereocenters. The molecule has 1 rings (SSSR count). The average Bonchev–Trinajstić information content (AvgIpc) is 2.58. The molecule has 0 aromatic rings. The van der Waals surface area contributed by atoms with Gasteiger partial charge in [-0.25, -0.2) is 9.59 Å². The Morgan fingerprint density at radius 2 is 1.56 bits per heavy atom. The molecular weight excluding hydrogens is 324 g/mol. The molecule has 0 bridgehead atoms. The minimum atomic E-state index is -0.773. The van der Waals surface area contributed by atoms with Crippen LogP contribution in [0.5, 0.6) is 0 Å². The third-order valence-electron chi connectivity index (χ3n) is 4.86. The summed E-state index contributed by atoms with van der Waals surface area (Å²) in [6.07, 6.45) is 5.14. The topological polar surface area (TPSA) is 78.9 Å². The molecule has 25 heavy (non-hydrogen) atoms. The first-order chi connectivity index (χ1) is 11.6. The summed E-state index contributed by atoms with van der Waals surface area (Å²) in [5.74, 6) is -1.86. The summed E-state index contributed by atoms with van der Waals surface area (Å²) in [5.41, 5.74) is -0.504. The van der Waals surface area contributed by atoms with Crippen LogP contribution in [-0.2, 0) is 28.6 Å². The predicted molar refractivity (Wildman–Crippen MR) is 92.7 cm³/mol. The molecule has 0 radical (unpaired) electrons. The van der Waals surface area contributed by atoms with E-state index in [-0.39, 0.29) is 0 Å². The first-order valence-electron chi connectivity index (χ1n) is 8.83. The smallest absolute Gasteiger partial charge is 0.345 e. The summed E-state index contributed by atoms with van der Waals surface area (Å²) in [5, 5.41) is 0. The number of rotatable bonds is 8. The summed E-state index contributed by atoms with van der Waals surface area (Å²) in [6, 6.07) is 0. The minimum Gasteiger partial charge on any atom is -0.453 e. The summed E-state index contributed by atoms with van der Waals surface area (Å²) < 4.78 is 15.3. The van der Waals surface area contributed by atoms with E-state index in [0.29, 0.717) is 6.42 Å². The van der Waals surface area contributed by atoms with Crippen molar-refractivity contribution in [3.63, 3.8) is 0 Å². The molecule has 6 nitrogen and oxygen atoms in total. The van der Waals surface area contributed by atoms with Crippen LogP contribution in [0.25, 0.3) is 0 Å². The van der Waals surface area contributed by atoms with E-state index in [2.05, 4.69) is 6.58 Å². The molecule has 0 aliphatic heterocycles. The van der Waals surface area contributed by atoms with Crippen LogP contribution in [0.4, 0.5) is 0 Å². The van der Waals surface area contributed by atoms with Gasteiger partial charge in [-0.1, -0.05) is 19.9 Å². The van der Waals surface area contributed by atoms with E-state index in [0.717, 1.165) is 37.7 Å². The maximum Gasteiger partial charge on any atom is 0.345 e. The zero-order chi connectivity index (χ0) is 19.1. The highest BCUT2D eigenvalue weighted by Gasteiger charge is 2.37. The van der Waals surface area contributed by atoms with Gasteiger partial charge in [0.05, 0.1) is 5.41 Å². The highest BCUT2D eigenvalue weighted by molar-refractivity contribution is 5.81. The molecule has 1 aliphatic carbocycles. The molecule has 6 heteroatoms. The molecule has 0 aromatic heterocycles. The van der Waals surface area contributed by atoms with Crippen LogP contribution in [0.3, 0.4) is 0 Å². The molecule has 0 saturated heterocycles. The van der Waals surface area contributed by atoms with Gasteiger partial charge in [0.15, 0.2) is 13.2 Å². The molecule has 142 valence electrons. The van der Waals surface area contributed by atoms with Gasteiger partial charge in [0, 0.05) is 0 Å². The second kappa shape index (κ2) is 9.02. The standard InChI is InChI=1S/C19H30O6/c1-6-18(4,5)17(22)24-12-15(20)23-13-16(21)25-19(14(2)3)10-8-7-9-11-19/h2,6-13H2,1,3-5H3. The largest absolute Gasteiger partial charge is 0.453 e. The molecule has 0 aromatic carbocycles. The van der Waals surface area contributed by atoms with Crippen molar-refractivity contribution >= 4 is 17.9 Å². The Hall–Kier alpha value is -1.85. The van der Waals surface area contributed by atoms with Gasteiger partial charge in [-0.3, -0.25) is 4.79 Å². The highest BCUT2D eigenvalue weighted by atomic mass is 16.6. The van der Waals surface area contributed by atoms with Gasteiger partial charge in [0.1, 0.15) is 5.60 Å². The van der Waals surface area contributed by atoms with E-state index >= 15 is 0 Å². The van der Waals surface area contributed by atoms with Crippen molar-refractivity contribution in [2.45, 2.75) is 71.8 Å². The maximum absolute atomic E-state index is 12.0. The van der Waals surface area contributed by atoms with Crippen LogP contribution < -0.4 is 0 Å². The number of ether oxygens (including phenoxy) is 3. The maximum atomic E-state index is 12.0. The predicted octanol–water partition coefficient (Wildman–Crippen LogP) is 3.33. The van der Waals surface area contributed by atoms with Gasteiger partial charge in [-0.05, 0) is 58.4 Å². The lowest BCUT2D eigenvalue weighted by Crippen LogP contribution is -2.39. The normalized spacial score (nSPS) is 16.6. The van der Waals surface area contributed by atoms with Crippen LogP contribution in [0, 0.1) is 5.41 Å². The number of hydrogen-bond acceptors (Lipinski definition) is 6. The van der Waals surface area contributed by atoms with Gasteiger partial charge >= 0.3 is 17.9 Å². The third-order valence-corrected chi connectivity index (χ3v) is 4.86. The lowest BCUT2D eigenvalue weighted by Gasteiger charge is -2.37. The van der Waals surface area contributed by atoms with E-state index in [4.69, 9.17) is 14.2 Å². The van der Waals surface area contributed by atoms with Crippen molar-refractivity contribution < 1.29 is 28.6 Å². The van der Waals surface area contributed by atoms with Gasteiger partial charge in [-0.2, -0.15) is 0 Å². The Balaban J connectivity index is 2.41. The Labute approximate surface area is 149 Å². The summed E-state index contributed by atoms with van der Waals surface area (Å²) in [7, 11) is 0. The Kier molecular flexibility index (Phi) is 7.64. The van der Waals surface area contributed by atoms with Crippen LogP contribution >= 0.6 is 0 Å². The van der Waals surface area contributed by atoms with Crippen LogP contribution in [0.2, 0.25) is 0 Å². The van der Waals surface area contributed by atoms with E-state index < -0.39 is 42.1 Å². The first-order valence-corrected chi connectivity index (χ1v) is 8.83. The van der Waals surface area contributed by atoms with Crippen molar-refractivity contribution in [1.82, 2.24) is 0 Å². The zero-order valence-electron chi connectivity index (χ0n) is 15.8. The van der Waals surface area contributed by atoms with Crippen molar-refractivity contribution in [2.75, 3.05) is 13.2 Å². The zero-order valence-corrected chi connectivity index (χ0v) is 15.8. The van der Waals surface area contributed by atoms with Gasteiger partial charge in [0.25, 0.3) is 0 Å². The summed E-state index contributed by atoms with van der Waals surface area (Å²) in [6.45, 7) is 10.1. The van der Waals surface area contributed by atoms with Gasteiger partial charge in [0.2, 0.25) is 0 Å². The molecule has 0 heterocycles. The van der Waals surface area contributed by atoms with E-state index in [9.17, 15) is 14.4 Å². The average molecular weight is 354 g/mol. The Morgan fingerprint density at radius 1 is 1.00 bits per heavy atom. The molecule has 1 saturated carbocycles. The third kappa shape index (κ3) is 6.18. The van der Waals surface area contributed by atoms with Crippen LogP contribution in [0.15, 0.2) is 12.2 Å². The van der Waals surface area contributed by atoms with Gasteiger partial charge < -0.3 is 14.2 Å².